The molecule has 0 unspecified atom stereocenters. The lowest BCUT2D eigenvalue weighted by Crippen LogP contribution is -2.32. The number of aromatic nitrogens is 1. The van der Waals surface area contributed by atoms with E-state index in [1.807, 2.05) is 0 Å². The zero-order valence-corrected chi connectivity index (χ0v) is 21.9. The summed E-state index contributed by atoms with van der Waals surface area (Å²) in [6.45, 7) is 13.7. The van der Waals surface area contributed by atoms with Crippen molar-refractivity contribution >= 4 is 32.3 Å². The van der Waals surface area contributed by atoms with Gasteiger partial charge in [0.2, 0.25) is 5.69 Å². The van der Waals surface area contributed by atoms with Gasteiger partial charge < -0.3 is 4.74 Å². The van der Waals surface area contributed by atoms with Crippen molar-refractivity contribution in [1.82, 2.24) is 0 Å². The van der Waals surface area contributed by atoms with Crippen molar-refractivity contribution in [2.45, 2.75) is 53.9 Å². The van der Waals surface area contributed by atoms with Crippen molar-refractivity contribution in [3.05, 3.63) is 77.5 Å². The first-order valence-electron chi connectivity index (χ1n) is 12.8. The molecule has 2 heterocycles. The maximum atomic E-state index is 7.03. The van der Waals surface area contributed by atoms with Crippen LogP contribution in [-0.2, 0) is 13.5 Å². The van der Waals surface area contributed by atoms with Crippen molar-refractivity contribution in [3.8, 4) is 22.8 Å². The van der Waals surface area contributed by atoms with Gasteiger partial charge in [-0.05, 0) is 63.4 Å². The molecule has 0 saturated heterocycles. The maximum Gasteiger partial charge on any atom is 0.228 e. The summed E-state index contributed by atoms with van der Waals surface area (Å²) in [5.41, 5.74) is 6.69. The number of hydrogen-bond acceptors (Lipinski definition) is 1. The first-order valence-corrected chi connectivity index (χ1v) is 12.8. The molecule has 0 aliphatic carbocycles. The number of hydrogen-bond donors (Lipinski definition) is 0. The van der Waals surface area contributed by atoms with Gasteiger partial charge in [-0.1, -0.05) is 77.1 Å². The fourth-order valence-corrected chi connectivity index (χ4v) is 6.07. The molecule has 35 heavy (non-hydrogen) atoms. The third kappa shape index (κ3) is 3.34. The lowest BCUT2D eigenvalue weighted by atomic mass is 9.84. The molecule has 0 amide bonds. The summed E-state index contributed by atoms with van der Waals surface area (Å²) in [6, 6.07) is 20.3. The lowest BCUT2D eigenvalue weighted by molar-refractivity contribution is -0.659. The molecule has 1 aliphatic heterocycles. The molecule has 0 radical (unpaired) electrons. The number of aryl methyl sites for hydroxylation is 2. The number of ether oxygens (including phenoxy) is 1. The van der Waals surface area contributed by atoms with E-state index in [1.165, 1.54) is 60.3 Å². The molecule has 5 aromatic rings. The molecule has 0 N–H and O–H groups in total. The number of pyridine rings is 1. The highest BCUT2D eigenvalue weighted by atomic mass is 16.5. The molecule has 0 atom stereocenters. The molecule has 4 aromatic carbocycles. The lowest BCUT2D eigenvalue weighted by Gasteiger charge is -2.27. The second-order valence-electron chi connectivity index (χ2n) is 11.8. The normalized spacial score (nSPS) is 13.0. The van der Waals surface area contributed by atoms with E-state index in [0.29, 0.717) is 5.92 Å². The SMILES string of the molecule is Cc1c2c(c(C(C)C)c3ccccc13)Oc1c3ccc(CC(C)(C)C)cc3cc3cc[n+](C)c-2c13. The highest BCUT2D eigenvalue weighted by Gasteiger charge is 2.34. The van der Waals surface area contributed by atoms with Crippen molar-refractivity contribution in [1.29, 1.82) is 0 Å². The molecule has 1 aromatic heterocycles. The molecular formula is C33H34NO+. The molecule has 2 nitrogen and oxygen atoms in total. The van der Waals surface area contributed by atoms with Crippen LogP contribution < -0.4 is 9.30 Å². The summed E-state index contributed by atoms with van der Waals surface area (Å²) < 4.78 is 9.30. The fourth-order valence-electron chi connectivity index (χ4n) is 6.07. The third-order valence-corrected chi connectivity index (χ3v) is 7.48. The van der Waals surface area contributed by atoms with Crippen LogP contribution in [0.3, 0.4) is 0 Å². The maximum absolute atomic E-state index is 7.03. The van der Waals surface area contributed by atoms with Crippen LogP contribution in [0.1, 0.15) is 57.2 Å². The zero-order chi connectivity index (χ0) is 24.6. The number of rotatable bonds is 2. The van der Waals surface area contributed by atoms with Gasteiger partial charge in [-0.15, -0.1) is 0 Å². The highest BCUT2D eigenvalue weighted by Crippen LogP contribution is 2.54. The van der Waals surface area contributed by atoms with Crippen LogP contribution in [0.4, 0.5) is 0 Å². The topological polar surface area (TPSA) is 13.1 Å². The Balaban J connectivity index is 1.74. The number of benzene rings is 4. The molecular weight excluding hydrogens is 426 g/mol. The van der Waals surface area contributed by atoms with Crippen LogP contribution in [-0.4, -0.2) is 0 Å². The van der Waals surface area contributed by atoms with E-state index in [-0.39, 0.29) is 5.41 Å². The number of nitrogens with zero attached hydrogens (tertiary/aromatic N) is 1. The van der Waals surface area contributed by atoms with Gasteiger partial charge in [-0.25, -0.2) is 4.57 Å². The van der Waals surface area contributed by atoms with Gasteiger partial charge in [-0.2, -0.15) is 0 Å². The summed E-state index contributed by atoms with van der Waals surface area (Å²) >= 11 is 0. The Bertz CT molecular complexity index is 1670. The second kappa shape index (κ2) is 7.55. The monoisotopic (exact) mass is 460 g/mol. The van der Waals surface area contributed by atoms with Gasteiger partial charge in [0.15, 0.2) is 6.20 Å². The van der Waals surface area contributed by atoms with Crippen LogP contribution >= 0.6 is 0 Å². The van der Waals surface area contributed by atoms with Gasteiger partial charge in [-0.3, -0.25) is 0 Å². The molecule has 0 spiro atoms. The average Bonchev–Trinajstić information content (AvgIpc) is 2.79. The van der Waals surface area contributed by atoms with E-state index >= 15 is 0 Å². The quantitative estimate of drug-likeness (QED) is 0.186. The second-order valence-corrected chi connectivity index (χ2v) is 11.8. The van der Waals surface area contributed by atoms with E-state index in [9.17, 15) is 0 Å². The molecule has 0 saturated carbocycles. The fraction of sp³-hybridized carbons (Fsp3) is 0.303. The molecule has 176 valence electrons. The van der Waals surface area contributed by atoms with Crippen molar-refractivity contribution in [2.75, 3.05) is 0 Å². The Morgan fingerprint density at radius 3 is 2.31 bits per heavy atom. The van der Waals surface area contributed by atoms with Crippen molar-refractivity contribution < 1.29 is 9.30 Å². The van der Waals surface area contributed by atoms with Gasteiger partial charge >= 0.3 is 0 Å². The zero-order valence-electron chi connectivity index (χ0n) is 21.9. The minimum absolute atomic E-state index is 0.250. The summed E-state index contributed by atoms with van der Waals surface area (Å²) in [5.74, 6) is 2.36. The Morgan fingerprint density at radius 1 is 0.857 bits per heavy atom. The van der Waals surface area contributed by atoms with E-state index in [1.54, 1.807) is 0 Å². The minimum Gasteiger partial charge on any atom is -0.455 e. The standard InChI is InChI=1S/C33H34NO/c1-19(2)27-26-11-9-8-10-24(26)20(3)28-30-29-22(14-15-34(30)7)17-23-16-21(18-33(4,5)6)12-13-25(23)31(29)35-32(27)28/h8-17,19H,18H2,1-7H3/q+1. The van der Waals surface area contributed by atoms with Crippen molar-refractivity contribution in [2.24, 2.45) is 12.5 Å². The van der Waals surface area contributed by atoms with Crippen LogP contribution in [0.2, 0.25) is 0 Å². The minimum atomic E-state index is 0.250. The Kier molecular flexibility index (Phi) is 4.77. The molecule has 6 rings (SSSR count). The molecule has 0 bridgehead atoms. The van der Waals surface area contributed by atoms with Gasteiger partial charge in [0.05, 0.1) is 10.9 Å². The van der Waals surface area contributed by atoms with Crippen molar-refractivity contribution in [3.63, 3.8) is 0 Å². The third-order valence-electron chi connectivity index (χ3n) is 7.48. The molecule has 1 aliphatic rings. The number of fused-ring (bicyclic) bond motifs is 5. The smallest absolute Gasteiger partial charge is 0.228 e. The van der Waals surface area contributed by atoms with Crippen LogP contribution in [0, 0.1) is 12.3 Å². The Labute approximate surface area is 208 Å². The van der Waals surface area contributed by atoms with Gasteiger partial charge in [0.1, 0.15) is 18.5 Å². The highest BCUT2D eigenvalue weighted by molar-refractivity contribution is 6.13. The van der Waals surface area contributed by atoms with Crippen LogP contribution in [0.15, 0.2) is 60.8 Å². The largest absolute Gasteiger partial charge is 0.455 e. The van der Waals surface area contributed by atoms with Gasteiger partial charge in [0.25, 0.3) is 0 Å². The first kappa shape index (κ1) is 22.1. The summed E-state index contributed by atoms with van der Waals surface area (Å²) in [6.07, 6.45) is 3.25. The summed E-state index contributed by atoms with van der Waals surface area (Å²) in [7, 11) is 2.16. The summed E-state index contributed by atoms with van der Waals surface area (Å²) in [5, 5.41) is 7.50. The average molecular weight is 461 g/mol. The molecule has 2 heteroatoms. The Hall–Kier alpha value is -3.39. The molecule has 0 fully saturated rings. The van der Waals surface area contributed by atoms with Crippen LogP contribution in [0.25, 0.3) is 43.6 Å². The predicted octanol–water partition coefficient (Wildman–Crippen LogP) is 8.76. The van der Waals surface area contributed by atoms with E-state index in [0.717, 1.165) is 17.9 Å². The van der Waals surface area contributed by atoms with E-state index in [2.05, 4.69) is 114 Å². The Morgan fingerprint density at radius 2 is 1.60 bits per heavy atom. The summed E-state index contributed by atoms with van der Waals surface area (Å²) in [4.78, 5) is 0. The van der Waals surface area contributed by atoms with E-state index in [4.69, 9.17) is 4.74 Å². The van der Waals surface area contributed by atoms with Crippen LogP contribution in [0.5, 0.6) is 11.5 Å². The van der Waals surface area contributed by atoms with Gasteiger partial charge in [0, 0.05) is 17.0 Å². The first-order chi connectivity index (χ1) is 16.6. The van der Waals surface area contributed by atoms with E-state index < -0.39 is 0 Å². The predicted molar refractivity (Wildman–Crippen MR) is 148 cm³/mol.